The molecule has 146 valence electrons. The number of carbonyl (C=O) groups is 1. The SMILES string of the molecule is Cc1cc(CC(=O)c2cc(S(=O)(=O)NC3(C)CCOC3)sc2C)ccc1F. The van der Waals surface area contributed by atoms with E-state index < -0.39 is 15.6 Å². The van der Waals surface area contributed by atoms with E-state index in [2.05, 4.69) is 4.72 Å². The van der Waals surface area contributed by atoms with E-state index >= 15 is 0 Å². The maximum Gasteiger partial charge on any atom is 0.250 e. The van der Waals surface area contributed by atoms with Crippen LogP contribution in [0.2, 0.25) is 0 Å². The van der Waals surface area contributed by atoms with Gasteiger partial charge in [-0.2, -0.15) is 0 Å². The molecule has 3 rings (SSSR count). The largest absolute Gasteiger partial charge is 0.379 e. The van der Waals surface area contributed by atoms with E-state index in [0.29, 0.717) is 41.2 Å². The van der Waals surface area contributed by atoms with E-state index in [0.717, 1.165) is 11.3 Å². The molecule has 27 heavy (non-hydrogen) atoms. The van der Waals surface area contributed by atoms with Crippen molar-refractivity contribution in [2.24, 2.45) is 0 Å². The Morgan fingerprint density at radius 2 is 2.07 bits per heavy atom. The number of thiophene rings is 1. The van der Waals surface area contributed by atoms with Crippen LogP contribution in [0.4, 0.5) is 4.39 Å². The Morgan fingerprint density at radius 3 is 2.70 bits per heavy atom. The van der Waals surface area contributed by atoms with Crippen molar-refractivity contribution in [2.45, 2.75) is 43.4 Å². The highest BCUT2D eigenvalue weighted by atomic mass is 32.2. The van der Waals surface area contributed by atoms with E-state index in [1.807, 2.05) is 0 Å². The van der Waals surface area contributed by atoms with Crippen LogP contribution in [-0.2, 0) is 21.2 Å². The normalized spacial score (nSPS) is 20.1. The third kappa shape index (κ3) is 4.45. The highest BCUT2D eigenvalue weighted by Crippen LogP contribution is 2.29. The predicted octanol–water partition coefficient (Wildman–Crippen LogP) is 3.39. The lowest BCUT2D eigenvalue weighted by Gasteiger charge is -2.22. The van der Waals surface area contributed by atoms with Crippen molar-refractivity contribution in [3.05, 3.63) is 51.7 Å². The maximum absolute atomic E-state index is 13.4. The van der Waals surface area contributed by atoms with Gasteiger partial charge in [-0.25, -0.2) is 17.5 Å². The molecule has 1 aromatic heterocycles. The van der Waals surface area contributed by atoms with E-state index in [9.17, 15) is 17.6 Å². The third-order valence-electron chi connectivity index (χ3n) is 4.65. The van der Waals surface area contributed by atoms with Crippen molar-refractivity contribution in [3.63, 3.8) is 0 Å². The smallest absolute Gasteiger partial charge is 0.250 e. The summed E-state index contributed by atoms with van der Waals surface area (Å²) in [4.78, 5) is 13.3. The number of carbonyl (C=O) groups excluding carboxylic acids is 1. The van der Waals surface area contributed by atoms with Crippen LogP contribution < -0.4 is 4.72 Å². The molecule has 0 saturated carbocycles. The van der Waals surface area contributed by atoms with Gasteiger partial charge < -0.3 is 4.74 Å². The molecular formula is C19H22FNO4S2. The Morgan fingerprint density at radius 1 is 1.33 bits per heavy atom. The minimum Gasteiger partial charge on any atom is -0.379 e. The number of aryl methyl sites for hydroxylation is 2. The Hall–Kier alpha value is -1.61. The van der Waals surface area contributed by atoms with Gasteiger partial charge in [0.1, 0.15) is 10.0 Å². The summed E-state index contributed by atoms with van der Waals surface area (Å²) in [5, 5.41) is 0. The van der Waals surface area contributed by atoms with Gasteiger partial charge in [-0.05, 0) is 50.5 Å². The molecule has 5 nitrogen and oxygen atoms in total. The van der Waals surface area contributed by atoms with Crippen molar-refractivity contribution in [3.8, 4) is 0 Å². The second kappa shape index (κ2) is 7.43. The van der Waals surface area contributed by atoms with Crippen LogP contribution in [0.3, 0.4) is 0 Å². The second-order valence-corrected chi connectivity index (χ2v) is 10.4. The highest BCUT2D eigenvalue weighted by Gasteiger charge is 2.35. The monoisotopic (exact) mass is 411 g/mol. The summed E-state index contributed by atoms with van der Waals surface area (Å²) < 4.78 is 46.9. The van der Waals surface area contributed by atoms with Gasteiger partial charge in [-0.1, -0.05) is 12.1 Å². The lowest BCUT2D eigenvalue weighted by atomic mass is 10.0. The minimum absolute atomic E-state index is 0.0944. The van der Waals surface area contributed by atoms with Gasteiger partial charge in [0.05, 0.1) is 12.1 Å². The number of Topliss-reactive ketones (excluding diaryl/α,β-unsaturated/α-hetero) is 1. The van der Waals surface area contributed by atoms with Crippen LogP contribution in [0.15, 0.2) is 28.5 Å². The van der Waals surface area contributed by atoms with Crippen molar-refractivity contribution in [2.75, 3.05) is 13.2 Å². The van der Waals surface area contributed by atoms with E-state index in [4.69, 9.17) is 4.74 Å². The zero-order valence-electron chi connectivity index (χ0n) is 15.5. The maximum atomic E-state index is 13.4. The summed E-state index contributed by atoms with van der Waals surface area (Å²) in [6, 6.07) is 5.97. The van der Waals surface area contributed by atoms with Gasteiger partial charge in [0, 0.05) is 23.5 Å². The van der Waals surface area contributed by atoms with Gasteiger partial charge >= 0.3 is 0 Å². The first-order valence-corrected chi connectivity index (χ1v) is 10.9. The summed E-state index contributed by atoms with van der Waals surface area (Å²) in [5.74, 6) is -0.506. The fourth-order valence-electron chi connectivity index (χ4n) is 3.08. The van der Waals surface area contributed by atoms with Crippen LogP contribution in [0.1, 0.15) is 39.7 Å². The first-order chi connectivity index (χ1) is 12.6. The Balaban J connectivity index is 1.80. The fourth-order valence-corrected chi connectivity index (χ4v) is 5.97. The fraction of sp³-hybridized carbons (Fsp3) is 0.421. The Labute approximate surface area is 162 Å². The first-order valence-electron chi connectivity index (χ1n) is 8.60. The molecule has 2 aromatic rings. The van der Waals surface area contributed by atoms with Gasteiger partial charge in [-0.3, -0.25) is 4.79 Å². The van der Waals surface area contributed by atoms with E-state index in [1.165, 1.54) is 12.1 Å². The van der Waals surface area contributed by atoms with Crippen molar-refractivity contribution >= 4 is 27.1 Å². The molecule has 0 amide bonds. The van der Waals surface area contributed by atoms with E-state index in [-0.39, 0.29) is 22.2 Å². The average Bonchev–Trinajstić information content (AvgIpc) is 3.17. The van der Waals surface area contributed by atoms with Crippen molar-refractivity contribution in [1.29, 1.82) is 0 Å². The molecule has 0 radical (unpaired) electrons. The molecule has 1 aromatic carbocycles. The number of nitrogens with one attached hydrogen (secondary N) is 1. The number of benzene rings is 1. The summed E-state index contributed by atoms with van der Waals surface area (Å²) in [6.07, 6.45) is 0.698. The molecule has 0 aliphatic carbocycles. The van der Waals surface area contributed by atoms with Gasteiger partial charge in [0.2, 0.25) is 0 Å². The summed E-state index contributed by atoms with van der Waals surface area (Å²) in [5.41, 5.74) is 0.923. The minimum atomic E-state index is -3.74. The molecule has 1 atom stereocenters. The molecule has 1 fully saturated rings. The zero-order chi connectivity index (χ0) is 19.8. The predicted molar refractivity (Wildman–Crippen MR) is 102 cm³/mol. The molecule has 1 unspecified atom stereocenters. The molecule has 1 N–H and O–H groups in total. The van der Waals surface area contributed by atoms with E-state index in [1.54, 1.807) is 32.9 Å². The third-order valence-corrected chi connectivity index (χ3v) is 7.81. The van der Waals surface area contributed by atoms with Crippen LogP contribution in [0.5, 0.6) is 0 Å². The molecular weight excluding hydrogens is 389 g/mol. The second-order valence-electron chi connectivity index (χ2n) is 7.19. The molecule has 1 aliphatic rings. The molecule has 0 bridgehead atoms. The first kappa shape index (κ1) is 20.1. The lowest BCUT2D eigenvalue weighted by Crippen LogP contribution is -2.46. The standard InChI is InChI=1S/C19H22FNO4S2/c1-12-8-14(4-5-16(12)20)9-17(22)15-10-18(26-13(15)2)27(23,24)21-19(3)6-7-25-11-19/h4-5,8,10,21H,6-7,9,11H2,1-3H3. The molecule has 2 heterocycles. The van der Waals surface area contributed by atoms with Crippen LogP contribution in [0.25, 0.3) is 0 Å². The number of ether oxygens (including phenoxy) is 1. The van der Waals surface area contributed by atoms with Crippen LogP contribution in [0, 0.1) is 19.7 Å². The summed E-state index contributed by atoms with van der Waals surface area (Å²) in [6.45, 7) is 6.02. The quantitative estimate of drug-likeness (QED) is 0.740. The lowest BCUT2D eigenvalue weighted by molar-refractivity contribution is 0.0992. The van der Waals surface area contributed by atoms with Gasteiger partial charge in [-0.15, -0.1) is 11.3 Å². The molecule has 1 aliphatic heterocycles. The summed E-state index contributed by atoms with van der Waals surface area (Å²) in [7, 11) is -3.74. The van der Waals surface area contributed by atoms with Crippen molar-refractivity contribution in [1.82, 2.24) is 4.72 Å². The number of sulfonamides is 1. The van der Waals surface area contributed by atoms with Gasteiger partial charge in [0.25, 0.3) is 10.0 Å². The average molecular weight is 412 g/mol. The number of hydrogen-bond donors (Lipinski definition) is 1. The molecule has 0 spiro atoms. The number of hydrogen-bond acceptors (Lipinski definition) is 5. The van der Waals surface area contributed by atoms with Crippen LogP contribution in [-0.4, -0.2) is 33.0 Å². The number of rotatable bonds is 6. The Bertz CT molecular complexity index is 976. The van der Waals surface area contributed by atoms with Crippen LogP contribution >= 0.6 is 11.3 Å². The topological polar surface area (TPSA) is 72.5 Å². The van der Waals surface area contributed by atoms with Gasteiger partial charge in [0.15, 0.2) is 5.78 Å². The zero-order valence-corrected chi connectivity index (χ0v) is 17.1. The highest BCUT2D eigenvalue weighted by molar-refractivity contribution is 7.91. The molecule has 1 saturated heterocycles. The van der Waals surface area contributed by atoms with Crippen molar-refractivity contribution < 1.29 is 22.3 Å². The number of halogens is 1. The Kier molecular flexibility index (Phi) is 5.54. The summed E-state index contributed by atoms with van der Waals surface area (Å²) >= 11 is 1.08. The number of ketones is 1. The molecule has 8 heteroatoms.